The summed E-state index contributed by atoms with van der Waals surface area (Å²) < 4.78 is 10.9. The highest BCUT2D eigenvalue weighted by Gasteiger charge is 2.06. The molecule has 0 spiro atoms. The van der Waals surface area contributed by atoms with Crippen LogP contribution in [0, 0.1) is 0 Å². The zero-order chi connectivity index (χ0) is 15.8. The Morgan fingerprint density at radius 2 is 1.82 bits per heavy atom. The van der Waals surface area contributed by atoms with Gasteiger partial charge < -0.3 is 19.9 Å². The number of rotatable bonds is 8. The number of anilines is 1. The van der Waals surface area contributed by atoms with E-state index in [1.807, 2.05) is 43.3 Å². The smallest absolute Gasteiger partial charge is 0.119 e. The van der Waals surface area contributed by atoms with E-state index in [4.69, 9.17) is 14.6 Å². The summed E-state index contributed by atoms with van der Waals surface area (Å²) >= 11 is 0. The molecule has 0 bridgehead atoms. The van der Waals surface area contributed by atoms with Crippen molar-refractivity contribution >= 4 is 5.69 Å². The van der Waals surface area contributed by atoms with Gasteiger partial charge in [0.25, 0.3) is 0 Å². The second kappa shape index (κ2) is 8.29. The second-order valence-corrected chi connectivity index (χ2v) is 4.97. The molecule has 0 fully saturated rings. The van der Waals surface area contributed by atoms with Crippen LogP contribution in [0.4, 0.5) is 5.69 Å². The average molecular weight is 301 g/mol. The van der Waals surface area contributed by atoms with Crippen molar-refractivity contribution in [1.29, 1.82) is 0 Å². The summed E-state index contributed by atoms with van der Waals surface area (Å²) in [4.78, 5) is 0. The first kappa shape index (κ1) is 16.2. The summed E-state index contributed by atoms with van der Waals surface area (Å²) in [5, 5.41) is 12.2. The Morgan fingerprint density at radius 3 is 2.50 bits per heavy atom. The third kappa shape index (κ3) is 4.67. The molecule has 2 aromatic carbocycles. The third-order valence-electron chi connectivity index (χ3n) is 3.27. The fourth-order valence-corrected chi connectivity index (χ4v) is 2.18. The Bertz CT molecular complexity index is 569. The Hall–Kier alpha value is -2.20. The van der Waals surface area contributed by atoms with E-state index in [1.165, 1.54) is 5.56 Å². The topological polar surface area (TPSA) is 50.7 Å². The zero-order valence-corrected chi connectivity index (χ0v) is 13.1. The van der Waals surface area contributed by atoms with Crippen molar-refractivity contribution in [2.75, 3.05) is 25.1 Å². The van der Waals surface area contributed by atoms with E-state index in [0.717, 1.165) is 17.2 Å². The van der Waals surface area contributed by atoms with Gasteiger partial charge in [-0.1, -0.05) is 12.1 Å². The maximum Gasteiger partial charge on any atom is 0.119 e. The summed E-state index contributed by atoms with van der Waals surface area (Å²) in [6.07, 6.45) is 0. The highest BCUT2D eigenvalue weighted by molar-refractivity contribution is 5.48. The van der Waals surface area contributed by atoms with Crippen molar-refractivity contribution in [3.8, 4) is 11.5 Å². The lowest BCUT2D eigenvalue weighted by molar-refractivity contribution is 0.201. The van der Waals surface area contributed by atoms with Gasteiger partial charge in [0.2, 0.25) is 0 Å². The molecule has 118 valence electrons. The van der Waals surface area contributed by atoms with Crippen LogP contribution in [0.15, 0.2) is 48.5 Å². The zero-order valence-electron chi connectivity index (χ0n) is 13.1. The van der Waals surface area contributed by atoms with Crippen LogP contribution < -0.4 is 14.8 Å². The highest BCUT2D eigenvalue weighted by atomic mass is 16.5. The maximum absolute atomic E-state index is 8.74. The molecule has 22 heavy (non-hydrogen) atoms. The Morgan fingerprint density at radius 1 is 1.05 bits per heavy atom. The van der Waals surface area contributed by atoms with Gasteiger partial charge in [0, 0.05) is 11.7 Å². The normalized spacial score (nSPS) is 11.8. The molecule has 2 rings (SSSR count). The lowest BCUT2D eigenvalue weighted by Gasteiger charge is -2.17. The molecule has 0 aliphatic carbocycles. The van der Waals surface area contributed by atoms with E-state index < -0.39 is 0 Å². The second-order valence-electron chi connectivity index (χ2n) is 4.97. The molecule has 1 atom stereocenters. The Labute approximate surface area is 131 Å². The first-order valence-corrected chi connectivity index (χ1v) is 7.56. The molecule has 0 saturated carbocycles. The number of nitrogens with one attached hydrogen (secondary N) is 1. The van der Waals surface area contributed by atoms with Gasteiger partial charge in [-0.15, -0.1) is 0 Å². The number of ether oxygens (including phenoxy) is 2. The van der Waals surface area contributed by atoms with E-state index in [9.17, 15) is 0 Å². The molecular weight excluding hydrogens is 278 g/mol. The predicted octanol–water partition coefficient (Wildman–Crippen LogP) is 3.63. The number of aliphatic hydroxyl groups excluding tert-OH is 1. The van der Waals surface area contributed by atoms with Crippen LogP contribution in [0.25, 0.3) is 0 Å². The van der Waals surface area contributed by atoms with Gasteiger partial charge in [0.1, 0.15) is 18.1 Å². The van der Waals surface area contributed by atoms with Gasteiger partial charge in [-0.25, -0.2) is 0 Å². The van der Waals surface area contributed by atoms with E-state index in [2.05, 4.69) is 24.4 Å². The molecule has 0 radical (unpaired) electrons. The molecule has 0 amide bonds. The van der Waals surface area contributed by atoms with E-state index in [-0.39, 0.29) is 12.6 Å². The average Bonchev–Trinajstić information content (AvgIpc) is 2.55. The minimum absolute atomic E-state index is 0.0210. The molecule has 0 aliphatic rings. The lowest BCUT2D eigenvalue weighted by atomic mass is 10.1. The molecule has 4 nitrogen and oxygen atoms in total. The summed E-state index contributed by atoms with van der Waals surface area (Å²) in [7, 11) is 0. The number of aliphatic hydroxyl groups is 1. The van der Waals surface area contributed by atoms with Gasteiger partial charge in [0.05, 0.1) is 13.2 Å². The monoisotopic (exact) mass is 301 g/mol. The van der Waals surface area contributed by atoms with Gasteiger partial charge in [-0.3, -0.25) is 0 Å². The van der Waals surface area contributed by atoms with Crippen molar-refractivity contribution in [2.45, 2.75) is 19.9 Å². The Balaban J connectivity index is 1.98. The van der Waals surface area contributed by atoms with Crippen LogP contribution >= 0.6 is 0 Å². The summed E-state index contributed by atoms with van der Waals surface area (Å²) in [6.45, 7) is 5.09. The van der Waals surface area contributed by atoms with Crippen LogP contribution in [0.2, 0.25) is 0 Å². The van der Waals surface area contributed by atoms with Crippen molar-refractivity contribution < 1.29 is 14.6 Å². The van der Waals surface area contributed by atoms with Crippen LogP contribution in [-0.2, 0) is 0 Å². The number of hydrogen-bond acceptors (Lipinski definition) is 4. The van der Waals surface area contributed by atoms with Crippen molar-refractivity contribution in [1.82, 2.24) is 0 Å². The Kier molecular flexibility index (Phi) is 6.10. The summed E-state index contributed by atoms with van der Waals surface area (Å²) in [6, 6.07) is 16.0. The maximum atomic E-state index is 8.74. The van der Waals surface area contributed by atoms with Gasteiger partial charge >= 0.3 is 0 Å². The molecule has 0 aromatic heterocycles. The molecule has 0 heterocycles. The molecule has 2 N–H and O–H groups in total. The van der Waals surface area contributed by atoms with E-state index >= 15 is 0 Å². The molecule has 2 aromatic rings. The minimum Gasteiger partial charge on any atom is -0.494 e. The quantitative estimate of drug-likeness (QED) is 0.782. The van der Waals surface area contributed by atoms with Crippen molar-refractivity contribution in [3.05, 3.63) is 54.1 Å². The lowest BCUT2D eigenvalue weighted by Crippen LogP contribution is -2.07. The highest BCUT2D eigenvalue weighted by Crippen LogP contribution is 2.24. The first-order chi connectivity index (χ1) is 10.7. The van der Waals surface area contributed by atoms with Gasteiger partial charge in [-0.2, -0.15) is 0 Å². The van der Waals surface area contributed by atoms with Crippen molar-refractivity contribution in [2.24, 2.45) is 0 Å². The molecule has 0 aliphatic heterocycles. The summed E-state index contributed by atoms with van der Waals surface area (Å²) in [5.74, 6) is 1.65. The van der Waals surface area contributed by atoms with E-state index in [1.54, 1.807) is 0 Å². The molecule has 1 unspecified atom stereocenters. The van der Waals surface area contributed by atoms with E-state index in [0.29, 0.717) is 13.2 Å². The fourth-order valence-electron chi connectivity index (χ4n) is 2.18. The summed E-state index contributed by atoms with van der Waals surface area (Å²) in [5.41, 5.74) is 2.19. The van der Waals surface area contributed by atoms with Crippen molar-refractivity contribution in [3.63, 3.8) is 0 Å². The van der Waals surface area contributed by atoms with Crippen LogP contribution in [0.1, 0.15) is 25.5 Å². The van der Waals surface area contributed by atoms with Gasteiger partial charge in [0.15, 0.2) is 0 Å². The predicted molar refractivity (Wildman–Crippen MR) is 88.7 cm³/mol. The third-order valence-corrected chi connectivity index (χ3v) is 3.27. The fraction of sp³-hybridized carbons (Fsp3) is 0.333. The first-order valence-electron chi connectivity index (χ1n) is 7.56. The van der Waals surface area contributed by atoms with Crippen LogP contribution in [0.3, 0.4) is 0 Å². The number of benzene rings is 2. The van der Waals surface area contributed by atoms with Crippen LogP contribution in [-0.4, -0.2) is 24.9 Å². The SMILES string of the molecule is CCOc1cccc(C(C)Nc2ccc(OCCO)cc2)c1. The standard InChI is InChI=1S/C18H23NO3/c1-3-21-18-6-4-5-15(13-18)14(2)19-16-7-9-17(10-8-16)22-12-11-20/h4-10,13-14,19-20H,3,11-12H2,1-2H3. The molecule has 0 saturated heterocycles. The minimum atomic E-state index is 0.0210. The molecular formula is C18H23NO3. The largest absolute Gasteiger partial charge is 0.494 e. The van der Waals surface area contributed by atoms with Crippen LogP contribution in [0.5, 0.6) is 11.5 Å². The van der Waals surface area contributed by atoms with Gasteiger partial charge in [-0.05, 0) is 55.8 Å². The number of hydrogen-bond donors (Lipinski definition) is 2. The molecule has 4 heteroatoms.